The fourth-order valence-electron chi connectivity index (χ4n) is 2.38. The number of nitrogens with one attached hydrogen (secondary N) is 1. The van der Waals surface area contributed by atoms with Crippen LogP contribution in [0.25, 0.3) is 20.7 Å². The lowest BCUT2D eigenvalue weighted by Crippen LogP contribution is -2.08. The van der Waals surface area contributed by atoms with Crippen LogP contribution in [0.5, 0.6) is 5.75 Å². The smallest absolute Gasteiger partial charge is 0.161 e. The van der Waals surface area contributed by atoms with Gasteiger partial charge in [-0.3, -0.25) is 0 Å². The van der Waals surface area contributed by atoms with Gasteiger partial charge in [0.25, 0.3) is 0 Å². The van der Waals surface area contributed by atoms with Crippen LogP contribution in [-0.2, 0) is 0 Å². The Kier molecular flexibility index (Phi) is 4.22. The van der Waals surface area contributed by atoms with Crippen LogP contribution < -0.4 is 16.0 Å². The lowest BCUT2D eigenvalue weighted by atomic mass is 10.1. The average molecular weight is 314 g/mol. The molecule has 3 N–H and O–H groups in total. The molecule has 0 spiro atoms. The summed E-state index contributed by atoms with van der Waals surface area (Å²) in [5.41, 5.74) is 5.76. The minimum absolute atomic E-state index is 0.649. The summed E-state index contributed by atoms with van der Waals surface area (Å²) >= 11 is 1.63. The van der Waals surface area contributed by atoms with E-state index < -0.39 is 0 Å². The molecule has 0 aliphatic heterocycles. The van der Waals surface area contributed by atoms with Gasteiger partial charge >= 0.3 is 0 Å². The number of nitrogens with two attached hydrogens (primary N) is 1. The summed E-state index contributed by atoms with van der Waals surface area (Å²) in [5.74, 6) is 7.10. The second kappa shape index (κ2) is 6.29. The number of nitrogens with zero attached hydrogens (tertiary/aromatic N) is 2. The highest BCUT2D eigenvalue weighted by molar-refractivity contribution is 7.23. The summed E-state index contributed by atoms with van der Waals surface area (Å²) < 4.78 is 6.84. The van der Waals surface area contributed by atoms with Gasteiger partial charge in [-0.25, -0.2) is 15.8 Å². The largest absolute Gasteiger partial charge is 0.493 e. The van der Waals surface area contributed by atoms with Crippen molar-refractivity contribution < 1.29 is 4.74 Å². The number of benzene rings is 1. The van der Waals surface area contributed by atoms with Gasteiger partial charge in [-0.15, -0.1) is 11.3 Å². The van der Waals surface area contributed by atoms with Crippen molar-refractivity contribution in [3.05, 3.63) is 36.2 Å². The van der Waals surface area contributed by atoms with E-state index in [4.69, 9.17) is 10.6 Å². The van der Waals surface area contributed by atoms with Crippen LogP contribution in [0.15, 0.2) is 30.6 Å². The summed E-state index contributed by atoms with van der Waals surface area (Å²) in [7, 11) is 0. The highest BCUT2D eigenvalue weighted by Gasteiger charge is 2.17. The summed E-state index contributed by atoms with van der Waals surface area (Å²) in [5, 5.41) is 0. The zero-order valence-corrected chi connectivity index (χ0v) is 13.4. The Morgan fingerprint density at radius 3 is 2.86 bits per heavy atom. The maximum absolute atomic E-state index is 5.88. The van der Waals surface area contributed by atoms with E-state index in [1.54, 1.807) is 11.3 Å². The van der Waals surface area contributed by atoms with E-state index in [0.717, 1.165) is 38.4 Å². The molecule has 22 heavy (non-hydrogen) atoms. The quantitative estimate of drug-likeness (QED) is 0.554. The maximum Gasteiger partial charge on any atom is 0.161 e. The molecule has 0 aliphatic carbocycles. The highest BCUT2D eigenvalue weighted by atomic mass is 32.1. The molecule has 0 unspecified atom stereocenters. The number of ether oxygens (including phenoxy) is 1. The lowest BCUT2D eigenvalue weighted by molar-refractivity contribution is 0.319. The van der Waals surface area contributed by atoms with E-state index >= 15 is 0 Å². The molecule has 0 amide bonds. The molecule has 3 rings (SSSR count). The fraction of sp³-hybridized carbons (Fsp3) is 0.250. The highest BCUT2D eigenvalue weighted by Crippen LogP contribution is 2.42. The van der Waals surface area contributed by atoms with E-state index in [9.17, 15) is 0 Å². The zero-order chi connectivity index (χ0) is 15.5. The number of hydrogen-bond donors (Lipinski definition) is 2. The third-order valence-corrected chi connectivity index (χ3v) is 4.75. The zero-order valence-electron chi connectivity index (χ0n) is 12.6. The fourth-order valence-corrected chi connectivity index (χ4v) is 3.62. The van der Waals surface area contributed by atoms with Crippen molar-refractivity contribution in [1.82, 2.24) is 9.97 Å². The minimum Gasteiger partial charge on any atom is -0.493 e. The first-order chi connectivity index (χ1) is 10.8. The van der Waals surface area contributed by atoms with Crippen molar-refractivity contribution in [2.45, 2.75) is 20.3 Å². The van der Waals surface area contributed by atoms with Crippen LogP contribution in [0.2, 0.25) is 0 Å². The molecule has 114 valence electrons. The van der Waals surface area contributed by atoms with E-state index in [1.807, 2.05) is 18.2 Å². The summed E-state index contributed by atoms with van der Waals surface area (Å²) in [4.78, 5) is 9.71. The van der Waals surface area contributed by atoms with Crippen LogP contribution in [0.4, 0.5) is 5.82 Å². The Labute approximate surface area is 133 Å². The first-order valence-electron chi connectivity index (χ1n) is 7.19. The van der Waals surface area contributed by atoms with Gasteiger partial charge in [-0.2, -0.15) is 0 Å². The summed E-state index contributed by atoms with van der Waals surface area (Å²) in [6.07, 6.45) is 2.51. The molecule has 3 aromatic rings. The van der Waals surface area contributed by atoms with E-state index in [1.165, 1.54) is 6.33 Å². The topological polar surface area (TPSA) is 73.1 Å². The normalized spacial score (nSPS) is 10.9. The number of hydrogen-bond acceptors (Lipinski definition) is 6. The second-order valence-electron chi connectivity index (χ2n) is 4.95. The minimum atomic E-state index is 0.649. The van der Waals surface area contributed by atoms with Crippen LogP contribution in [0.3, 0.4) is 0 Å². The summed E-state index contributed by atoms with van der Waals surface area (Å²) in [6.45, 7) is 4.87. The first-order valence-corrected chi connectivity index (χ1v) is 8.00. The Morgan fingerprint density at radius 1 is 1.27 bits per heavy atom. The molecule has 2 heterocycles. The third-order valence-electron chi connectivity index (χ3n) is 3.43. The number of nitrogen functional groups attached to an aromatic ring is 1. The number of anilines is 1. The van der Waals surface area contributed by atoms with E-state index in [2.05, 4.69) is 35.3 Å². The van der Waals surface area contributed by atoms with Crippen LogP contribution in [0.1, 0.15) is 18.9 Å². The van der Waals surface area contributed by atoms with Gasteiger partial charge in [0.05, 0.1) is 16.8 Å². The average Bonchev–Trinajstić information content (AvgIpc) is 2.90. The molecule has 5 nitrogen and oxygen atoms in total. The molecule has 1 aromatic carbocycles. The van der Waals surface area contributed by atoms with Crippen LogP contribution in [-0.4, -0.2) is 16.6 Å². The van der Waals surface area contributed by atoms with Gasteiger partial charge in [0.2, 0.25) is 0 Å². The van der Waals surface area contributed by atoms with Gasteiger partial charge in [0, 0.05) is 10.4 Å². The molecule has 0 fully saturated rings. The molecule has 2 aromatic heterocycles. The van der Waals surface area contributed by atoms with Gasteiger partial charge in [0.1, 0.15) is 12.1 Å². The van der Waals surface area contributed by atoms with Gasteiger partial charge < -0.3 is 10.2 Å². The van der Waals surface area contributed by atoms with Gasteiger partial charge in [0.15, 0.2) is 5.82 Å². The predicted molar refractivity (Wildman–Crippen MR) is 91.2 cm³/mol. The molecular formula is C16H18N4OS. The van der Waals surface area contributed by atoms with Crippen LogP contribution >= 0.6 is 11.3 Å². The Hall–Kier alpha value is -2.18. The first kappa shape index (κ1) is 14.7. The SMILES string of the molecule is CCCOc1ccccc1-c1sc2c(NN)ncnc2c1C. The van der Waals surface area contributed by atoms with Crippen molar-refractivity contribution in [3.63, 3.8) is 0 Å². The van der Waals surface area contributed by atoms with Crippen molar-refractivity contribution in [3.8, 4) is 16.2 Å². The number of para-hydroxylation sites is 1. The summed E-state index contributed by atoms with van der Waals surface area (Å²) in [6, 6.07) is 8.09. The number of aryl methyl sites for hydroxylation is 1. The number of fused-ring (bicyclic) bond motifs is 1. The van der Waals surface area contributed by atoms with E-state index in [0.29, 0.717) is 12.4 Å². The van der Waals surface area contributed by atoms with Crippen molar-refractivity contribution in [1.29, 1.82) is 0 Å². The monoisotopic (exact) mass is 314 g/mol. The maximum atomic E-state index is 5.88. The molecular weight excluding hydrogens is 296 g/mol. The standard InChI is InChI=1S/C16H18N4OS/c1-3-8-21-12-7-5-4-6-11(12)14-10(2)13-15(22-14)16(20-17)19-9-18-13/h4-7,9H,3,8,17H2,1-2H3,(H,18,19,20). The number of thiophene rings is 1. The molecule has 0 aliphatic rings. The Bertz CT molecular complexity index is 800. The van der Waals surface area contributed by atoms with E-state index in [-0.39, 0.29) is 0 Å². The number of aromatic nitrogens is 2. The van der Waals surface area contributed by atoms with Crippen molar-refractivity contribution in [2.24, 2.45) is 5.84 Å². The lowest BCUT2D eigenvalue weighted by Gasteiger charge is -2.10. The molecule has 0 saturated carbocycles. The van der Waals surface area contributed by atoms with Gasteiger partial charge in [-0.1, -0.05) is 19.1 Å². The van der Waals surface area contributed by atoms with Crippen molar-refractivity contribution >= 4 is 27.4 Å². The van der Waals surface area contributed by atoms with Gasteiger partial charge in [-0.05, 0) is 31.0 Å². The predicted octanol–water partition coefficient (Wildman–Crippen LogP) is 3.74. The van der Waals surface area contributed by atoms with Crippen LogP contribution in [0, 0.1) is 6.92 Å². The molecule has 0 bridgehead atoms. The number of rotatable bonds is 5. The number of hydrazine groups is 1. The third kappa shape index (κ3) is 2.51. The Balaban J connectivity index is 2.17. The second-order valence-corrected chi connectivity index (χ2v) is 5.97. The molecule has 6 heteroatoms. The van der Waals surface area contributed by atoms with Crippen molar-refractivity contribution in [2.75, 3.05) is 12.0 Å². The Morgan fingerprint density at radius 2 is 2.09 bits per heavy atom. The molecule has 0 radical (unpaired) electrons. The molecule has 0 saturated heterocycles. The molecule has 0 atom stereocenters.